The van der Waals surface area contributed by atoms with Gasteiger partial charge in [-0.1, -0.05) is 265 Å². The summed E-state index contributed by atoms with van der Waals surface area (Å²) in [5.41, 5.74) is 0. The van der Waals surface area contributed by atoms with Crippen molar-refractivity contribution in [3.63, 3.8) is 0 Å². The monoisotopic (exact) mass is 1400 g/mol. The fourth-order valence-electron chi connectivity index (χ4n) is 12.7. The molecule has 1 saturated carbocycles. The summed E-state index contributed by atoms with van der Waals surface area (Å²) in [5, 5.41) is 110. The highest BCUT2D eigenvalue weighted by Gasteiger charge is 2.58. The Morgan fingerprint density at radius 1 is 0.365 bits per heavy atom. The Labute approximate surface area is 574 Å². The maximum Gasteiger partial charge on any atom is 0.472 e. The molecule has 0 aromatic heterocycles. The summed E-state index contributed by atoms with van der Waals surface area (Å²) in [6.45, 7) is 3.46. The van der Waals surface area contributed by atoms with Gasteiger partial charge in [-0.2, -0.15) is 0 Å². The van der Waals surface area contributed by atoms with Gasteiger partial charge in [-0.25, -0.2) is 4.57 Å². The second-order valence-corrected chi connectivity index (χ2v) is 28.8. The van der Waals surface area contributed by atoms with E-state index in [2.05, 4.69) is 20.8 Å². The fourth-order valence-corrected chi connectivity index (χ4v) is 13.7. The van der Waals surface area contributed by atoms with Gasteiger partial charge in [-0.05, 0) is 19.3 Å². The molecule has 11 N–H and O–H groups in total. The first-order valence-corrected chi connectivity index (χ1v) is 39.3. The molecule has 1 aliphatic carbocycles. The number of phosphoric ester groups is 1. The van der Waals surface area contributed by atoms with Gasteiger partial charge in [0.1, 0.15) is 98.7 Å². The molecule has 0 radical (unpaired) electrons. The van der Waals surface area contributed by atoms with E-state index in [1.165, 1.54) is 154 Å². The van der Waals surface area contributed by atoms with Crippen LogP contribution in [-0.4, -0.2) is 204 Å². The maximum atomic E-state index is 14.3. The highest BCUT2D eigenvalue weighted by atomic mass is 31.2. The molecular weight excluding hydrogens is 1270 g/mol. The minimum Gasteiger partial charge on any atom is -0.463 e. The van der Waals surface area contributed by atoms with Gasteiger partial charge in [0.25, 0.3) is 0 Å². The number of hydrogen-bond donors (Lipinski definition) is 11. The highest BCUT2D eigenvalue weighted by Crippen LogP contribution is 2.49. The topological polar surface area (TPSA) is 374 Å². The lowest BCUT2D eigenvalue weighted by molar-refractivity contribution is -0.360. The Kier molecular flexibility index (Phi) is 49.4. The van der Waals surface area contributed by atoms with Crippen molar-refractivity contribution in [3.05, 3.63) is 0 Å². The van der Waals surface area contributed by atoms with Crippen molar-refractivity contribution in [3.8, 4) is 0 Å². The third-order valence-electron chi connectivity index (χ3n) is 18.9. The van der Waals surface area contributed by atoms with Crippen molar-refractivity contribution in [2.24, 2.45) is 0 Å². The molecule has 2 heterocycles. The van der Waals surface area contributed by atoms with E-state index in [1.807, 2.05) is 0 Å². The number of carbonyl (C=O) groups excluding carboxylic acids is 3. The largest absolute Gasteiger partial charge is 0.472 e. The zero-order chi connectivity index (χ0) is 70.4. The molecule has 3 aliphatic rings. The Morgan fingerprint density at radius 3 is 1.02 bits per heavy atom. The number of ether oxygens (including phenoxy) is 7. The number of esters is 3. The Bertz CT molecular complexity index is 1990. The molecule has 0 aromatic rings. The van der Waals surface area contributed by atoms with Crippen molar-refractivity contribution in [2.75, 3.05) is 26.4 Å². The number of phosphoric acid groups is 1. The standard InChI is InChI=1S/C71H133O24P/c1-4-7-10-13-16-19-22-24-26-27-29-32-33-36-39-42-45-55(73)87-49-52(90-57(75)47-44-41-38-35-30-21-18-15-12-9-6-3)50-89-96(85,86)95-69-67(93-70-65(83)60(78)58(76)53(48-72)91-70)63(81)62(80)64(82)68(69)94-71-66(84)61(79)59(77)54(92-71)51-88-56(74)46-43-40-37-34-31-28-25-23-20-17-14-11-8-5-2/h52-54,58-72,76-84H,4-51H2,1-3H3,(H,85,86). The Balaban J connectivity index is 1.72. The number of rotatable bonds is 59. The molecule has 25 heteroatoms. The molecule has 0 amide bonds. The van der Waals surface area contributed by atoms with Crippen LogP contribution in [-0.2, 0) is 61.2 Å². The number of aliphatic hydroxyl groups is 10. The zero-order valence-corrected chi connectivity index (χ0v) is 59.8. The van der Waals surface area contributed by atoms with Gasteiger partial charge >= 0.3 is 25.7 Å². The van der Waals surface area contributed by atoms with Crippen molar-refractivity contribution >= 4 is 25.7 Å². The molecule has 3 fully saturated rings. The quantitative estimate of drug-likeness (QED) is 0.0117. The number of carbonyl (C=O) groups is 3. The van der Waals surface area contributed by atoms with Crippen LogP contribution in [0.5, 0.6) is 0 Å². The van der Waals surface area contributed by atoms with E-state index in [4.69, 9.17) is 42.2 Å². The molecule has 3 rings (SSSR count). The SMILES string of the molecule is CCCCCCCCCCCCCCCCCCC(=O)OCC(COP(=O)(O)OC1C(OC2OC(CO)C(O)C(O)C2O)C(O)C(O)C(O)C1OC1OC(COC(=O)CCCCCCCCCCCCCCCC)C(O)C(O)C1O)OC(=O)CCCCCCCCCCCCC. The first-order valence-electron chi connectivity index (χ1n) is 37.8. The molecule has 18 atom stereocenters. The first kappa shape index (κ1) is 88.2. The van der Waals surface area contributed by atoms with Gasteiger partial charge in [-0.3, -0.25) is 23.4 Å². The van der Waals surface area contributed by atoms with Crippen LogP contribution in [0.2, 0.25) is 0 Å². The van der Waals surface area contributed by atoms with Crippen LogP contribution in [0.4, 0.5) is 0 Å². The van der Waals surface area contributed by atoms with Crippen LogP contribution < -0.4 is 0 Å². The summed E-state index contributed by atoms with van der Waals surface area (Å²) >= 11 is 0. The van der Waals surface area contributed by atoms with Gasteiger partial charge < -0.3 is 89.1 Å². The van der Waals surface area contributed by atoms with E-state index in [-0.39, 0.29) is 19.3 Å². The van der Waals surface area contributed by atoms with E-state index in [0.717, 1.165) is 89.9 Å². The molecule has 0 spiro atoms. The summed E-state index contributed by atoms with van der Waals surface area (Å²) in [6, 6.07) is 0. The van der Waals surface area contributed by atoms with E-state index in [1.54, 1.807) is 0 Å². The molecule has 2 saturated heterocycles. The van der Waals surface area contributed by atoms with Crippen LogP contribution >= 0.6 is 7.82 Å². The lowest BCUT2D eigenvalue weighted by Gasteiger charge is -2.49. The molecule has 2 aliphatic heterocycles. The summed E-state index contributed by atoms with van der Waals surface area (Å²) in [7, 11) is -5.69. The van der Waals surface area contributed by atoms with Crippen molar-refractivity contribution in [2.45, 2.75) is 407 Å². The van der Waals surface area contributed by atoms with Gasteiger partial charge in [0.2, 0.25) is 0 Å². The van der Waals surface area contributed by atoms with Crippen LogP contribution in [0, 0.1) is 0 Å². The summed E-state index contributed by atoms with van der Waals surface area (Å²) in [4.78, 5) is 50.9. The molecular formula is C71H133O24P. The summed E-state index contributed by atoms with van der Waals surface area (Å²) in [5.74, 6) is -1.97. The first-order chi connectivity index (χ1) is 46.3. The van der Waals surface area contributed by atoms with E-state index < -0.39 is 156 Å². The van der Waals surface area contributed by atoms with Gasteiger partial charge in [0.05, 0.1) is 13.2 Å². The molecule has 96 heavy (non-hydrogen) atoms. The maximum absolute atomic E-state index is 14.3. The molecule has 0 aromatic carbocycles. The van der Waals surface area contributed by atoms with Crippen molar-refractivity contribution in [1.82, 2.24) is 0 Å². The van der Waals surface area contributed by atoms with Crippen molar-refractivity contribution in [1.29, 1.82) is 0 Å². The Hall–Kier alpha value is -2.04. The minimum atomic E-state index is -5.69. The van der Waals surface area contributed by atoms with Crippen LogP contribution in [0.3, 0.4) is 0 Å². The summed E-state index contributed by atoms with van der Waals surface area (Å²) < 4.78 is 65.0. The third kappa shape index (κ3) is 36.7. The average Bonchev–Trinajstić information content (AvgIpc) is 0.765. The predicted octanol–water partition coefficient (Wildman–Crippen LogP) is 10.2. The number of hydrogen-bond acceptors (Lipinski definition) is 23. The van der Waals surface area contributed by atoms with Crippen LogP contribution in [0.25, 0.3) is 0 Å². The third-order valence-corrected chi connectivity index (χ3v) is 19.9. The highest BCUT2D eigenvalue weighted by molar-refractivity contribution is 7.47. The summed E-state index contributed by atoms with van der Waals surface area (Å²) in [6.07, 6.45) is 10.3. The molecule has 0 bridgehead atoms. The Morgan fingerprint density at radius 2 is 0.667 bits per heavy atom. The average molecular weight is 1400 g/mol. The van der Waals surface area contributed by atoms with Gasteiger partial charge in [0, 0.05) is 19.3 Å². The smallest absolute Gasteiger partial charge is 0.463 e. The van der Waals surface area contributed by atoms with Gasteiger partial charge in [-0.15, -0.1) is 0 Å². The normalized spacial score (nSPS) is 27.9. The molecule has 18 unspecified atom stereocenters. The second-order valence-electron chi connectivity index (χ2n) is 27.4. The van der Waals surface area contributed by atoms with E-state index in [0.29, 0.717) is 19.3 Å². The number of aliphatic hydroxyl groups excluding tert-OH is 10. The number of unbranched alkanes of at least 4 members (excludes halogenated alkanes) is 38. The second kappa shape index (κ2) is 53.7. The van der Waals surface area contributed by atoms with Gasteiger partial charge in [0.15, 0.2) is 18.7 Å². The minimum absolute atomic E-state index is 0.0337. The lowest BCUT2D eigenvalue weighted by Crippen LogP contribution is -2.69. The predicted molar refractivity (Wildman–Crippen MR) is 361 cm³/mol. The lowest BCUT2D eigenvalue weighted by atomic mass is 9.84. The van der Waals surface area contributed by atoms with E-state index in [9.17, 15) is 74.9 Å². The van der Waals surface area contributed by atoms with Crippen LogP contribution in [0.1, 0.15) is 303 Å². The fraction of sp³-hybridized carbons (Fsp3) is 0.958. The molecule has 566 valence electrons. The zero-order valence-electron chi connectivity index (χ0n) is 58.9. The van der Waals surface area contributed by atoms with E-state index >= 15 is 0 Å². The van der Waals surface area contributed by atoms with Crippen molar-refractivity contribution < 1.29 is 117 Å². The molecule has 24 nitrogen and oxygen atoms in total. The van der Waals surface area contributed by atoms with Crippen LogP contribution in [0.15, 0.2) is 0 Å².